The fourth-order valence-corrected chi connectivity index (χ4v) is 4.49. The van der Waals surface area contributed by atoms with Gasteiger partial charge in [0.1, 0.15) is 10.9 Å². The molecule has 4 aromatic carbocycles. The SMILES string of the molecule is CCOC(C)=O.CCSC(=Nc1ccccc1)c1ccccc1.Cc1nnc(-c2ccccc2)n1-c1ccccc1.NN.O. The van der Waals surface area contributed by atoms with Crippen molar-refractivity contribution in [2.45, 2.75) is 27.7 Å². The second-order valence-electron chi connectivity index (χ2n) is 8.58. The lowest BCUT2D eigenvalue weighted by Gasteiger charge is -2.08. The number of hydrogen-bond donors (Lipinski definition) is 2. The van der Waals surface area contributed by atoms with E-state index < -0.39 is 0 Å². The predicted octanol–water partition coefficient (Wildman–Crippen LogP) is 6.32. The van der Waals surface area contributed by atoms with Gasteiger partial charge in [0.2, 0.25) is 0 Å². The molecule has 1 aromatic heterocycles. The molecular weight excluding hydrogens is 572 g/mol. The molecule has 0 aliphatic carbocycles. The van der Waals surface area contributed by atoms with Gasteiger partial charge >= 0.3 is 5.97 Å². The van der Waals surface area contributed by atoms with Crippen molar-refractivity contribution in [3.05, 3.63) is 133 Å². The quantitative estimate of drug-likeness (QED) is 0.0745. The van der Waals surface area contributed by atoms with Crippen LogP contribution in [0.1, 0.15) is 32.2 Å². The van der Waals surface area contributed by atoms with E-state index in [2.05, 4.69) is 62.4 Å². The first-order valence-corrected chi connectivity index (χ1v) is 14.8. The number of nitrogens with two attached hydrogens (primary N) is 2. The largest absolute Gasteiger partial charge is 0.466 e. The number of aryl methyl sites for hydroxylation is 1. The summed E-state index contributed by atoms with van der Waals surface area (Å²) in [6.45, 7) is 7.76. The number of esters is 1. The van der Waals surface area contributed by atoms with Crippen LogP contribution in [0.3, 0.4) is 0 Å². The Balaban J connectivity index is 0.000000350. The lowest BCUT2D eigenvalue weighted by atomic mass is 10.2. The Bertz CT molecular complexity index is 1480. The summed E-state index contributed by atoms with van der Waals surface area (Å²) < 4.78 is 6.47. The Morgan fingerprint density at radius 1 is 0.795 bits per heavy atom. The number of thioether (sulfide) groups is 1. The number of aliphatic imine (C=N–C) groups is 1. The highest BCUT2D eigenvalue weighted by atomic mass is 32.2. The van der Waals surface area contributed by atoms with Crippen LogP contribution in [0.25, 0.3) is 17.1 Å². The van der Waals surface area contributed by atoms with Gasteiger partial charge in [-0.2, -0.15) is 0 Å². The molecular formula is C34H42N6O3S. The number of carbonyl (C=O) groups is 1. The minimum atomic E-state index is -0.211. The topological polar surface area (TPSA) is 153 Å². The number of para-hydroxylation sites is 2. The number of nitrogens with zero attached hydrogens (tertiary/aromatic N) is 4. The molecule has 5 aromatic rings. The van der Waals surface area contributed by atoms with Crippen LogP contribution in [-0.4, -0.2) is 43.6 Å². The van der Waals surface area contributed by atoms with Crippen LogP contribution in [0.2, 0.25) is 0 Å². The van der Waals surface area contributed by atoms with Gasteiger partial charge < -0.3 is 10.2 Å². The van der Waals surface area contributed by atoms with Gasteiger partial charge in [-0.15, -0.1) is 22.0 Å². The van der Waals surface area contributed by atoms with E-state index in [4.69, 9.17) is 4.99 Å². The van der Waals surface area contributed by atoms with Gasteiger partial charge in [-0.3, -0.25) is 21.0 Å². The van der Waals surface area contributed by atoms with Crippen LogP contribution < -0.4 is 11.7 Å². The predicted molar refractivity (Wildman–Crippen MR) is 183 cm³/mol. The monoisotopic (exact) mass is 614 g/mol. The number of hydrogen-bond acceptors (Lipinski definition) is 8. The van der Waals surface area contributed by atoms with Gasteiger partial charge in [0.25, 0.3) is 0 Å². The molecule has 0 radical (unpaired) electrons. The van der Waals surface area contributed by atoms with Crippen molar-refractivity contribution < 1.29 is 15.0 Å². The molecule has 9 nitrogen and oxygen atoms in total. The highest BCUT2D eigenvalue weighted by molar-refractivity contribution is 8.14. The van der Waals surface area contributed by atoms with Crippen molar-refractivity contribution in [1.29, 1.82) is 0 Å². The molecule has 0 unspecified atom stereocenters. The number of aromatic nitrogens is 3. The van der Waals surface area contributed by atoms with Crippen molar-refractivity contribution in [2.24, 2.45) is 16.7 Å². The Morgan fingerprint density at radius 2 is 1.30 bits per heavy atom. The number of hydrazine groups is 1. The molecule has 0 atom stereocenters. The zero-order valence-electron chi connectivity index (χ0n) is 25.6. The van der Waals surface area contributed by atoms with Crippen molar-refractivity contribution in [3.8, 4) is 17.1 Å². The maximum Gasteiger partial charge on any atom is 0.302 e. The van der Waals surface area contributed by atoms with Gasteiger partial charge in [-0.25, -0.2) is 4.99 Å². The third kappa shape index (κ3) is 12.7. The Kier molecular flexibility index (Phi) is 18.7. The van der Waals surface area contributed by atoms with Gasteiger partial charge in [0.05, 0.1) is 12.3 Å². The van der Waals surface area contributed by atoms with E-state index in [1.54, 1.807) is 18.7 Å². The molecule has 0 aliphatic rings. The number of benzene rings is 4. The molecule has 0 bridgehead atoms. The lowest BCUT2D eigenvalue weighted by Crippen LogP contribution is -2.02. The fraction of sp³-hybridized carbons (Fsp3) is 0.176. The fourth-order valence-electron chi connectivity index (χ4n) is 3.74. The van der Waals surface area contributed by atoms with Crippen molar-refractivity contribution in [2.75, 3.05) is 12.4 Å². The number of ether oxygens (including phenoxy) is 1. The molecule has 0 fully saturated rings. The molecule has 1 heterocycles. The third-order valence-corrected chi connectivity index (χ3v) is 6.40. The smallest absolute Gasteiger partial charge is 0.302 e. The first kappa shape index (κ1) is 37.4. The first-order chi connectivity index (χ1) is 21.0. The van der Waals surface area contributed by atoms with Crippen LogP contribution >= 0.6 is 11.8 Å². The van der Waals surface area contributed by atoms with Crippen molar-refractivity contribution in [3.63, 3.8) is 0 Å². The van der Waals surface area contributed by atoms with Gasteiger partial charge in [-0.1, -0.05) is 104 Å². The van der Waals surface area contributed by atoms with E-state index in [1.165, 1.54) is 12.5 Å². The van der Waals surface area contributed by atoms with Crippen molar-refractivity contribution in [1.82, 2.24) is 14.8 Å². The molecule has 10 heteroatoms. The minimum Gasteiger partial charge on any atom is -0.466 e. The van der Waals surface area contributed by atoms with Gasteiger partial charge in [0.15, 0.2) is 5.82 Å². The van der Waals surface area contributed by atoms with E-state index in [1.807, 2.05) is 104 Å². The molecule has 0 saturated carbocycles. The Hall–Kier alpha value is -4.61. The van der Waals surface area contributed by atoms with Crippen LogP contribution in [0, 0.1) is 6.92 Å². The summed E-state index contributed by atoms with van der Waals surface area (Å²) in [4.78, 5) is 14.5. The molecule has 232 valence electrons. The highest BCUT2D eigenvalue weighted by Gasteiger charge is 2.11. The van der Waals surface area contributed by atoms with Crippen LogP contribution in [-0.2, 0) is 9.53 Å². The van der Waals surface area contributed by atoms with E-state index >= 15 is 0 Å². The van der Waals surface area contributed by atoms with E-state index in [0.29, 0.717) is 6.61 Å². The first-order valence-electron chi connectivity index (χ1n) is 13.8. The van der Waals surface area contributed by atoms with Crippen LogP contribution in [0.4, 0.5) is 5.69 Å². The Labute approximate surface area is 264 Å². The third-order valence-electron chi connectivity index (χ3n) is 5.51. The van der Waals surface area contributed by atoms with Crippen LogP contribution in [0.15, 0.2) is 126 Å². The standard InChI is InChI=1S/C15H13N3.C15H15NS.C4H8O2.H4N2.H2O/c1-12-16-17-15(13-8-4-2-5-9-13)18(12)14-10-6-3-7-11-14;1-2-17-15(13-9-5-3-6-10-13)16-14-11-7-4-8-12-14;1-3-6-4(2)5;1-2;/h2-11H,1H3;3-12H,2H2,1H3;3H2,1-2H3;1-2H2;1H2. The molecule has 0 aliphatic heterocycles. The molecule has 5 rings (SSSR count). The number of carbonyl (C=O) groups excluding carboxylic acids is 1. The minimum absolute atomic E-state index is 0. The molecule has 0 spiro atoms. The van der Waals surface area contributed by atoms with E-state index in [9.17, 15) is 4.79 Å². The second-order valence-corrected chi connectivity index (χ2v) is 9.84. The summed E-state index contributed by atoms with van der Waals surface area (Å²) in [5.74, 6) is 10.6. The zero-order chi connectivity index (χ0) is 31.3. The summed E-state index contributed by atoms with van der Waals surface area (Å²) in [6.07, 6.45) is 0. The summed E-state index contributed by atoms with van der Waals surface area (Å²) in [5, 5.41) is 9.54. The zero-order valence-corrected chi connectivity index (χ0v) is 26.4. The number of rotatable bonds is 6. The molecule has 0 saturated heterocycles. The molecule has 0 amide bonds. The van der Waals surface area contributed by atoms with Crippen molar-refractivity contribution >= 4 is 28.5 Å². The maximum absolute atomic E-state index is 9.82. The van der Waals surface area contributed by atoms with Gasteiger partial charge in [0, 0.05) is 23.7 Å². The van der Waals surface area contributed by atoms with Gasteiger partial charge in [-0.05, 0) is 43.9 Å². The maximum atomic E-state index is 9.82. The van der Waals surface area contributed by atoms with E-state index in [-0.39, 0.29) is 11.4 Å². The summed E-state index contributed by atoms with van der Waals surface area (Å²) >= 11 is 1.77. The average Bonchev–Trinajstić information content (AvgIpc) is 3.45. The lowest BCUT2D eigenvalue weighted by molar-refractivity contribution is -0.140. The highest BCUT2D eigenvalue weighted by Crippen LogP contribution is 2.22. The molecule has 6 N–H and O–H groups in total. The second kappa shape index (κ2) is 22.0. The summed E-state index contributed by atoms with van der Waals surface area (Å²) in [6, 6.07) is 40.7. The summed E-state index contributed by atoms with van der Waals surface area (Å²) in [7, 11) is 0. The van der Waals surface area contributed by atoms with Crippen LogP contribution in [0.5, 0.6) is 0 Å². The normalized spacial score (nSPS) is 9.91. The van der Waals surface area contributed by atoms with E-state index in [0.717, 1.165) is 39.4 Å². The molecule has 44 heavy (non-hydrogen) atoms. The average molecular weight is 615 g/mol. The Morgan fingerprint density at radius 3 is 1.77 bits per heavy atom. The summed E-state index contributed by atoms with van der Waals surface area (Å²) in [5.41, 5.74) is 4.34.